The molecule has 0 fully saturated rings. The molecular weight excluding hydrogens is 494 g/mol. The molecule has 0 aliphatic carbocycles. The summed E-state index contributed by atoms with van der Waals surface area (Å²) in [6.07, 6.45) is 6.37. The van der Waals surface area contributed by atoms with Gasteiger partial charge in [-0.3, -0.25) is 9.56 Å². The number of nitriles is 1. The van der Waals surface area contributed by atoms with Gasteiger partial charge in [0.1, 0.15) is 5.52 Å². The van der Waals surface area contributed by atoms with Crippen molar-refractivity contribution in [2.24, 2.45) is 10.7 Å². The second kappa shape index (κ2) is 9.41. The van der Waals surface area contributed by atoms with Crippen molar-refractivity contribution in [1.29, 1.82) is 5.26 Å². The number of aryl methyl sites for hydroxylation is 1. The molecule has 0 bridgehead atoms. The van der Waals surface area contributed by atoms with E-state index in [-0.39, 0.29) is 17.0 Å². The highest BCUT2D eigenvalue weighted by Gasteiger charge is 2.24. The van der Waals surface area contributed by atoms with E-state index < -0.39 is 10.0 Å². The maximum absolute atomic E-state index is 13.4. The van der Waals surface area contributed by atoms with Gasteiger partial charge in [0, 0.05) is 28.9 Å². The zero-order valence-electron chi connectivity index (χ0n) is 19.2. The smallest absolute Gasteiger partial charge is 0.269 e. The molecule has 180 valence electrons. The lowest BCUT2D eigenvalue weighted by atomic mass is 10.3. The summed E-state index contributed by atoms with van der Waals surface area (Å²) in [5.41, 5.74) is 8.10. The molecule has 0 amide bonds. The number of hydrogen-bond acceptors (Lipinski definition) is 8. The Labute approximate surface area is 211 Å². The van der Waals surface area contributed by atoms with Gasteiger partial charge in [0.15, 0.2) is 11.5 Å². The number of thiophene rings is 1. The lowest BCUT2D eigenvalue weighted by molar-refractivity contribution is 0.589. The monoisotopic (exact) mass is 515 g/mol. The summed E-state index contributed by atoms with van der Waals surface area (Å²) in [7, 11) is -3.86. The van der Waals surface area contributed by atoms with Crippen molar-refractivity contribution in [1.82, 2.24) is 18.5 Å². The Balaban J connectivity index is 1.78. The van der Waals surface area contributed by atoms with Crippen LogP contribution >= 0.6 is 11.3 Å². The number of allylic oxidation sites excluding steroid dienone is 1. The zero-order chi connectivity index (χ0) is 25.3. The molecule has 0 saturated heterocycles. The summed E-state index contributed by atoms with van der Waals surface area (Å²) in [4.78, 5) is 15.8. The fourth-order valence-electron chi connectivity index (χ4n) is 3.94. The average Bonchev–Trinajstić information content (AvgIpc) is 3.61. The summed E-state index contributed by atoms with van der Waals surface area (Å²) in [6, 6.07) is 16.0. The van der Waals surface area contributed by atoms with Crippen LogP contribution in [0.1, 0.15) is 11.3 Å². The largest absolute Gasteiger partial charge is 0.403 e. The Bertz CT molecular complexity index is 1790. The number of nitrogens with zero attached hydrogens (tertiary/aromatic N) is 6. The van der Waals surface area contributed by atoms with E-state index in [0.29, 0.717) is 34.5 Å². The van der Waals surface area contributed by atoms with E-state index in [0.717, 1.165) is 9.75 Å². The molecule has 0 spiro atoms. The quantitative estimate of drug-likeness (QED) is 0.252. The molecule has 9 nitrogen and oxygen atoms in total. The van der Waals surface area contributed by atoms with Crippen molar-refractivity contribution in [2.75, 3.05) is 6.54 Å². The van der Waals surface area contributed by atoms with Crippen molar-refractivity contribution < 1.29 is 8.42 Å². The number of aromatic nitrogens is 4. The van der Waals surface area contributed by atoms with Crippen molar-refractivity contribution >= 4 is 55.3 Å². The number of fused-ring (bicyclic) bond motifs is 3. The standard InChI is InChI=1S/C25H21N7O2S2/c1-17-8-9-22(35-17)25-30-21-16-29-24-20(23(21)32(25)18(14-27)15-28-12-5-11-26)10-13-31(24)36(33,34)19-6-3-2-4-7-19/h2-4,6-10,13-16H,5,12,27H2,1H3. The Morgan fingerprint density at radius 3 is 2.72 bits per heavy atom. The van der Waals surface area contributed by atoms with Crippen molar-refractivity contribution in [3.63, 3.8) is 0 Å². The minimum atomic E-state index is -3.86. The molecule has 0 radical (unpaired) electrons. The topological polar surface area (TPSA) is 132 Å². The van der Waals surface area contributed by atoms with Crippen LogP contribution in [0, 0.1) is 18.3 Å². The first-order valence-corrected chi connectivity index (χ1v) is 13.3. The Morgan fingerprint density at radius 1 is 1.22 bits per heavy atom. The van der Waals surface area contributed by atoms with Gasteiger partial charge in [-0.25, -0.2) is 22.4 Å². The summed E-state index contributed by atoms with van der Waals surface area (Å²) in [5, 5.41) is 9.44. The third-order valence-electron chi connectivity index (χ3n) is 5.56. The lowest BCUT2D eigenvalue weighted by Crippen LogP contribution is -2.12. The SMILES string of the molecule is Cc1ccc(-c2nc3cnc4c(ccn4S(=O)(=O)c4ccccc4)c3n2C(C=NCCC#N)=CN)s1. The molecule has 4 aromatic heterocycles. The molecule has 1 aromatic carbocycles. The van der Waals surface area contributed by atoms with Gasteiger partial charge in [-0.15, -0.1) is 11.3 Å². The molecule has 0 aliphatic heterocycles. The van der Waals surface area contributed by atoms with Crippen LogP contribution in [0.2, 0.25) is 0 Å². The van der Waals surface area contributed by atoms with Crippen LogP contribution < -0.4 is 5.73 Å². The molecule has 4 heterocycles. The molecule has 36 heavy (non-hydrogen) atoms. The van der Waals surface area contributed by atoms with E-state index >= 15 is 0 Å². The van der Waals surface area contributed by atoms with Crippen LogP contribution in [-0.4, -0.2) is 39.7 Å². The fourth-order valence-corrected chi connectivity index (χ4v) is 6.11. The first kappa shape index (κ1) is 23.5. The number of hydrogen-bond donors (Lipinski definition) is 1. The van der Waals surface area contributed by atoms with Crippen molar-refractivity contribution in [3.05, 3.63) is 72.0 Å². The van der Waals surface area contributed by atoms with E-state index in [1.807, 2.05) is 23.6 Å². The predicted octanol–water partition coefficient (Wildman–Crippen LogP) is 4.40. The second-order valence-electron chi connectivity index (χ2n) is 7.88. The zero-order valence-corrected chi connectivity index (χ0v) is 20.9. The number of benzene rings is 1. The summed E-state index contributed by atoms with van der Waals surface area (Å²) in [5.74, 6) is 0.638. The Kier molecular flexibility index (Phi) is 6.13. The van der Waals surface area contributed by atoms with Gasteiger partial charge in [0.25, 0.3) is 10.0 Å². The molecule has 0 aliphatic rings. The third kappa shape index (κ3) is 3.96. The van der Waals surface area contributed by atoms with Crippen molar-refractivity contribution in [3.8, 4) is 16.8 Å². The predicted molar refractivity (Wildman–Crippen MR) is 142 cm³/mol. The van der Waals surface area contributed by atoms with Gasteiger partial charge in [-0.05, 0) is 37.3 Å². The van der Waals surface area contributed by atoms with Crippen LogP contribution in [-0.2, 0) is 10.0 Å². The van der Waals surface area contributed by atoms with Gasteiger partial charge >= 0.3 is 0 Å². The molecule has 0 unspecified atom stereocenters. The van der Waals surface area contributed by atoms with E-state index in [1.165, 1.54) is 16.4 Å². The Hall–Kier alpha value is -4.27. The van der Waals surface area contributed by atoms with Crippen LogP contribution in [0.4, 0.5) is 0 Å². The minimum absolute atomic E-state index is 0.167. The van der Waals surface area contributed by atoms with E-state index in [2.05, 4.69) is 16.0 Å². The van der Waals surface area contributed by atoms with Gasteiger partial charge in [0.2, 0.25) is 0 Å². The molecule has 11 heteroatoms. The molecular formula is C25H21N7O2S2. The minimum Gasteiger partial charge on any atom is -0.403 e. The number of pyridine rings is 1. The lowest BCUT2D eigenvalue weighted by Gasteiger charge is -2.10. The highest BCUT2D eigenvalue weighted by Crippen LogP contribution is 2.35. The molecule has 0 atom stereocenters. The molecule has 5 aromatic rings. The normalized spacial score (nSPS) is 12.6. The molecule has 5 rings (SSSR count). The molecule has 2 N–H and O–H groups in total. The van der Waals surface area contributed by atoms with Crippen molar-refractivity contribution in [2.45, 2.75) is 18.2 Å². The summed E-state index contributed by atoms with van der Waals surface area (Å²) in [6.45, 7) is 2.34. The number of imidazole rings is 1. The number of rotatable bonds is 7. The van der Waals surface area contributed by atoms with E-state index in [1.54, 1.807) is 60.1 Å². The van der Waals surface area contributed by atoms with Crippen LogP contribution in [0.5, 0.6) is 0 Å². The third-order valence-corrected chi connectivity index (χ3v) is 8.24. The van der Waals surface area contributed by atoms with Crippen LogP contribution in [0.15, 0.2) is 77.0 Å². The van der Waals surface area contributed by atoms with Gasteiger partial charge in [0.05, 0.1) is 46.2 Å². The van der Waals surface area contributed by atoms with E-state index in [4.69, 9.17) is 16.0 Å². The highest BCUT2D eigenvalue weighted by molar-refractivity contribution is 7.90. The van der Waals surface area contributed by atoms with Crippen LogP contribution in [0.25, 0.3) is 38.5 Å². The van der Waals surface area contributed by atoms with Gasteiger partial charge in [-0.2, -0.15) is 5.26 Å². The first-order valence-electron chi connectivity index (χ1n) is 11.0. The highest BCUT2D eigenvalue weighted by atomic mass is 32.2. The van der Waals surface area contributed by atoms with Gasteiger partial charge in [-0.1, -0.05) is 18.2 Å². The Morgan fingerprint density at radius 2 is 2.03 bits per heavy atom. The average molecular weight is 516 g/mol. The second-order valence-corrected chi connectivity index (χ2v) is 11.0. The maximum atomic E-state index is 13.4. The number of aliphatic imine (C=N–C) groups is 1. The fraction of sp³-hybridized carbons (Fsp3) is 0.120. The first-order chi connectivity index (χ1) is 17.5. The summed E-state index contributed by atoms with van der Waals surface area (Å²) < 4.78 is 29.8. The van der Waals surface area contributed by atoms with E-state index in [9.17, 15) is 8.42 Å². The van der Waals surface area contributed by atoms with Gasteiger partial charge < -0.3 is 5.73 Å². The molecule has 0 saturated carbocycles. The number of nitrogens with two attached hydrogens (primary N) is 1. The van der Waals surface area contributed by atoms with Crippen LogP contribution in [0.3, 0.4) is 0 Å². The summed E-state index contributed by atoms with van der Waals surface area (Å²) >= 11 is 1.58. The maximum Gasteiger partial charge on any atom is 0.269 e.